The van der Waals surface area contributed by atoms with Crippen molar-refractivity contribution in [3.05, 3.63) is 0 Å². The third-order valence-corrected chi connectivity index (χ3v) is 7.27. The third-order valence-electron chi connectivity index (χ3n) is 3.68. The number of ether oxygens (including phenoxy) is 2. The number of rotatable bonds is 11. The molecular formula is C15H30NO6PS. The van der Waals surface area contributed by atoms with Gasteiger partial charge in [-0.25, -0.2) is 4.57 Å². The second kappa shape index (κ2) is 10.8. The van der Waals surface area contributed by atoms with Crippen LogP contribution >= 0.6 is 18.2 Å². The Morgan fingerprint density at radius 2 is 1.79 bits per heavy atom. The van der Waals surface area contributed by atoms with Gasteiger partial charge in [0.05, 0.1) is 31.8 Å². The van der Waals surface area contributed by atoms with Crippen molar-refractivity contribution in [1.29, 1.82) is 0 Å². The Bertz CT molecular complexity index is 418. The average Bonchev–Trinajstić information content (AvgIpc) is 2.54. The standard InChI is InChI=1S/C15H30NO6PS/c1-5-21-23(18,22-6-2)24-13-20-14(17)15(3,4)7-8-16-9-11-19-12-10-16/h5-13H2,1-4H3. The molecule has 24 heavy (non-hydrogen) atoms. The third kappa shape index (κ3) is 7.85. The fraction of sp³-hybridized carbons (Fsp3) is 0.933. The molecule has 1 aliphatic heterocycles. The van der Waals surface area contributed by atoms with E-state index in [1.807, 2.05) is 13.8 Å². The molecule has 0 amide bonds. The Kier molecular flexibility index (Phi) is 9.86. The minimum atomic E-state index is -3.25. The predicted octanol–water partition coefficient (Wildman–Crippen LogP) is 3.15. The van der Waals surface area contributed by atoms with Crippen molar-refractivity contribution < 1.29 is 27.9 Å². The molecule has 0 aromatic heterocycles. The van der Waals surface area contributed by atoms with Crippen LogP contribution in [0.15, 0.2) is 0 Å². The summed E-state index contributed by atoms with van der Waals surface area (Å²) in [7, 11) is 0. The maximum absolute atomic E-state index is 12.3. The largest absolute Gasteiger partial charge is 0.454 e. The Labute approximate surface area is 149 Å². The van der Waals surface area contributed by atoms with E-state index in [0.717, 1.165) is 44.2 Å². The van der Waals surface area contributed by atoms with Gasteiger partial charge in [-0.1, -0.05) is 0 Å². The molecule has 1 saturated heterocycles. The van der Waals surface area contributed by atoms with Crippen molar-refractivity contribution in [1.82, 2.24) is 4.90 Å². The SMILES string of the molecule is CCOP(=O)(OCC)SCOC(=O)C(C)(C)CCN1CCOCC1. The van der Waals surface area contributed by atoms with Crippen molar-refractivity contribution in [2.24, 2.45) is 5.41 Å². The first-order valence-electron chi connectivity index (χ1n) is 8.34. The molecule has 0 saturated carbocycles. The topological polar surface area (TPSA) is 74.3 Å². The van der Waals surface area contributed by atoms with Crippen molar-refractivity contribution in [2.75, 3.05) is 52.0 Å². The van der Waals surface area contributed by atoms with E-state index in [1.165, 1.54) is 0 Å². The van der Waals surface area contributed by atoms with Crippen LogP contribution in [0.4, 0.5) is 0 Å². The van der Waals surface area contributed by atoms with Gasteiger partial charge in [0.1, 0.15) is 5.94 Å². The van der Waals surface area contributed by atoms with E-state index in [0.29, 0.717) is 6.42 Å². The highest BCUT2D eigenvalue weighted by atomic mass is 32.7. The molecule has 0 atom stereocenters. The first kappa shape index (κ1) is 21.9. The Morgan fingerprint density at radius 3 is 2.33 bits per heavy atom. The van der Waals surface area contributed by atoms with E-state index >= 15 is 0 Å². The summed E-state index contributed by atoms with van der Waals surface area (Å²) in [5.74, 6) is -0.348. The summed E-state index contributed by atoms with van der Waals surface area (Å²) < 4.78 is 33.2. The molecule has 0 radical (unpaired) electrons. The summed E-state index contributed by atoms with van der Waals surface area (Å²) in [6.07, 6.45) is 0.699. The lowest BCUT2D eigenvalue weighted by Gasteiger charge is -2.30. The highest BCUT2D eigenvalue weighted by Gasteiger charge is 2.32. The normalized spacial score (nSPS) is 17.0. The van der Waals surface area contributed by atoms with Crippen LogP contribution in [-0.4, -0.2) is 62.9 Å². The molecule has 9 heteroatoms. The van der Waals surface area contributed by atoms with Gasteiger partial charge in [0.25, 0.3) is 0 Å². The molecule has 0 N–H and O–H groups in total. The molecule has 1 fully saturated rings. The maximum atomic E-state index is 12.3. The van der Waals surface area contributed by atoms with Gasteiger partial charge in [-0.15, -0.1) is 0 Å². The zero-order valence-corrected chi connectivity index (χ0v) is 16.8. The van der Waals surface area contributed by atoms with Gasteiger partial charge in [-0.2, -0.15) is 0 Å². The Balaban J connectivity index is 2.37. The van der Waals surface area contributed by atoms with Crippen LogP contribution in [0.1, 0.15) is 34.1 Å². The van der Waals surface area contributed by atoms with Gasteiger partial charge in [-0.3, -0.25) is 9.69 Å². The lowest BCUT2D eigenvalue weighted by atomic mass is 9.89. The smallest absolute Gasteiger partial charge is 0.392 e. The van der Waals surface area contributed by atoms with Crippen LogP contribution in [0.3, 0.4) is 0 Å². The zero-order chi connectivity index (χ0) is 18.1. The molecule has 0 unspecified atom stereocenters. The number of carbonyl (C=O) groups excluding carboxylic acids is 1. The highest BCUT2D eigenvalue weighted by molar-refractivity contribution is 8.55. The minimum absolute atomic E-state index is 0.0445. The van der Waals surface area contributed by atoms with Crippen LogP contribution in [0.2, 0.25) is 0 Å². The minimum Gasteiger partial charge on any atom is -0.454 e. The molecule has 1 rings (SSSR count). The quantitative estimate of drug-likeness (QED) is 0.306. The first-order valence-corrected chi connectivity index (χ1v) is 11.5. The molecule has 0 spiro atoms. The van der Waals surface area contributed by atoms with Crippen LogP contribution in [0.25, 0.3) is 0 Å². The Hall–Kier alpha value is -0.110. The van der Waals surface area contributed by atoms with E-state index in [9.17, 15) is 9.36 Å². The summed E-state index contributed by atoms with van der Waals surface area (Å²) in [5, 5.41) is 0. The monoisotopic (exact) mass is 383 g/mol. The van der Waals surface area contributed by atoms with Gasteiger partial charge in [0.2, 0.25) is 0 Å². The highest BCUT2D eigenvalue weighted by Crippen LogP contribution is 2.60. The van der Waals surface area contributed by atoms with Crippen molar-refractivity contribution in [3.8, 4) is 0 Å². The lowest BCUT2D eigenvalue weighted by molar-refractivity contribution is -0.152. The van der Waals surface area contributed by atoms with Gasteiger partial charge in [0.15, 0.2) is 0 Å². The lowest BCUT2D eigenvalue weighted by Crippen LogP contribution is -2.39. The number of hydrogen-bond acceptors (Lipinski definition) is 8. The molecule has 142 valence electrons. The van der Waals surface area contributed by atoms with Crippen LogP contribution < -0.4 is 0 Å². The van der Waals surface area contributed by atoms with Crippen molar-refractivity contribution >= 4 is 24.1 Å². The predicted molar refractivity (Wildman–Crippen MR) is 95.1 cm³/mol. The zero-order valence-electron chi connectivity index (χ0n) is 15.1. The Morgan fingerprint density at radius 1 is 1.21 bits per heavy atom. The molecule has 1 aliphatic rings. The molecule has 7 nitrogen and oxygen atoms in total. The summed E-state index contributed by atoms with van der Waals surface area (Å²) in [5.41, 5.74) is -0.597. The van der Waals surface area contributed by atoms with Gasteiger partial charge >= 0.3 is 12.8 Å². The second-order valence-corrected chi connectivity index (χ2v) is 10.1. The van der Waals surface area contributed by atoms with Crippen molar-refractivity contribution in [2.45, 2.75) is 34.1 Å². The molecular weight excluding hydrogens is 353 g/mol. The van der Waals surface area contributed by atoms with E-state index in [2.05, 4.69) is 4.90 Å². The van der Waals surface area contributed by atoms with Crippen LogP contribution in [0, 0.1) is 5.41 Å². The first-order chi connectivity index (χ1) is 11.3. The summed E-state index contributed by atoms with van der Waals surface area (Å²) in [6, 6.07) is 0. The van der Waals surface area contributed by atoms with E-state index in [1.54, 1.807) is 13.8 Å². The summed E-state index contributed by atoms with van der Waals surface area (Å²) in [4.78, 5) is 14.6. The molecule has 1 heterocycles. The number of nitrogens with zero attached hydrogens (tertiary/aromatic N) is 1. The van der Waals surface area contributed by atoms with Crippen LogP contribution in [-0.2, 0) is 27.9 Å². The fourth-order valence-electron chi connectivity index (χ4n) is 2.13. The van der Waals surface area contributed by atoms with Crippen molar-refractivity contribution in [3.63, 3.8) is 0 Å². The fourth-order valence-corrected chi connectivity index (χ4v) is 4.90. The summed E-state index contributed by atoms with van der Waals surface area (Å²) in [6.45, 7) is 8.64. The second-order valence-electron chi connectivity index (χ2n) is 6.05. The number of carbonyl (C=O) groups is 1. The maximum Gasteiger partial charge on any atom is 0.392 e. The number of morpholine rings is 1. The van der Waals surface area contributed by atoms with E-state index < -0.39 is 12.2 Å². The molecule has 0 bridgehead atoms. The number of hydrogen-bond donors (Lipinski definition) is 0. The summed E-state index contributed by atoms with van der Waals surface area (Å²) >= 11 is 0.905. The molecule has 0 aromatic carbocycles. The van der Waals surface area contributed by atoms with Gasteiger partial charge < -0.3 is 18.5 Å². The van der Waals surface area contributed by atoms with Gasteiger partial charge in [-0.05, 0) is 40.7 Å². The molecule has 0 aliphatic carbocycles. The van der Waals surface area contributed by atoms with Crippen LogP contribution in [0.5, 0.6) is 0 Å². The molecule has 0 aromatic rings. The van der Waals surface area contributed by atoms with E-state index in [4.69, 9.17) is 18.5 Å². The number of esters is 1. The average molecular weight is 383 g/mol. The van der Waals surface area contributed by atoms with E-state index in [-0.39, 0.29) is 25.1 Å². The van der Waals surface area contributed by atoms with Gasteiger partial charge in [0, 0.05) is 24.5 Å².